The van der Waals surface area contributed by atoms with Crippen molar-refractivity contribution in [3.63, 3.8) is 0 Å². The van der Waals surface area contributed by atoms with Crippen LogP contribution < -0.4 is 10.6 Å². The number of carbonyl (C=O) groups is 1. The first-order valence-corrected chi connectivity index (χ1v) is 10.5. The number of nitrogens with one attached hydrogen (secondary N) is 2. The van der Waals surface area contributed by atoms with Gasteiger partial charge in [0.15, 0.2) is 0 Å². The van der Waals surface area contributed by atoms with Crippen LogP contribution in [0.1, 0.15) is 25.7 Å². The van der Waals surface area contributed by atoms with Crippen molar-refractivity contribution in [1.29, 1.82) is 0 Å². The van der Waals surface area contributed by atoms with Gasteiger partial charge in [-0.25, -0.2) is 0 Å². The van der Waals surface area contributed by atoms with Gasteiger partial charge in [0.2, 0.25) is 5.91 Å². The third-order valence-electron chi connectivity index (χ3n) is 4.76. The summed E-state index contributed by atoms with van der Waals surface area (Å²) in [7, 11) is 0. The van der Waals surface area contributed by atoms with Gasteiger partial charge in [-0.3, -0.25) is 9.69 Å². The number of hydrogen-bond acceptors (Lipinski definition) is 5. The molecule has 3 fully saturated rings. The van der Waals surface area contributed by atoms with Crippen molar-refractivity contribution in [1.82, 2.24) is 15.5 Å². The van der Waals surface area contributed by atoms with E-state index in [4.69, 9.17) is 0 Å². The van der Waals surface area contributed by atoms with Crippen LogP contribution in [0.5, 0.6) is 0 Å². The maximum atomic E-state index is 12.6. The normalized spacial score (nSPS) is 32.2. The van der Waals surface area contributed by atoms with Gasteiger partial charge in [-0.1, -0.05) is 0 Å². The average Bonchev–Trinajstić information content (AvgIpc) is 3.04. The zero-order chi connectivity index (χ0) is 14.5. The molecule has 3 heterocycles. The van der Waals surface area contributed by atoms with E-state index in [1.807, 2.05) is 23.5 Å². The van der Waals surface area contributed by atoms with Crippen molar-refractivity contribution in [3.05, 3.63) is 0 Å². The Hall–Kier alpha value is 0.0900. The van der Waals surface area contributed by atoms with Crippen LogP contribution in [0.3, 0.4) is 0 Å². The standard InChI is InChI=1S/C15H27N3OS2/c19-15(17-10-13-11-20-8-9-21-13)14-2-1-7-18(14)12-3-5-16-6-4-12/h12-14,16H,1-11H2,(H,17,19). The topological polar surface area (TPSA) is 44.4 Å². The number of amides is 1. The van der Waals surface area contributed by atoms with Crippen molar-refractivity contribution < 1.29 is 4.79 Å². The molecular weight excluding hydrogens is 302 g/mol. The van der Waals surface area contributed by atoms with Gasteiger partial charge in [0, 0.05) is 35.1 Å². The zero-order valence-electron chi connectivity index (χ0n) is 12.7. The Morgan fingerprint density at radius 3 is 2.86 bits per heavy atom. The minimum Gasteiger partial charge on any atom is -0.354 e. The fraction of sp³-hybridized carbons (Fsp3) is 0.933. The number of carbonyl (C=O) groups excluding carboxylic acids is 1. The number of thioether (sulfide) groups is 2. The molecule has 1 amide bonds. The van der Waals surface area contributed by atoms with Gasteiger partial charge in [-0.2, -0.15) is 23.5 Å². The molecule has 0 saturated carbocycles. The van der Waals surface area contributed by atoms with E-state index < -0.39 is 0 Å². The van der Waals surface area contributed by atoms with E-state index in [-0.39, 0.29) is 11.9 Å². The van der Waals surface area contributed by atoms with E-state index >= 15 is 0 Å². The quantitative estimate of drug-likeness (QED) is 0.811. The van der Waals surface area contributed by atoms with Crippen molar-refractivity contribution in [2.75, 3.05) is 43.4 Å². The number of piperidine rings is 1. The van der Waals surface area contributed by atoms with E-state index in [2.05, 4.69) is 15.5 Å². The molecule has 0 bridgehead atoms. The Kier molecular flexibility index (Phi) is 6.15. The molecule has 3 rings (SSSR count). The van der Waals surface area contributed by atoms with Crippen LogP contribution in [0.2, 0.25) is 0 Å². The summed E-state index contributed by atoms with van der Waals surface area (Å²) in [6.07, 6.45) is 4.61. The Balaban J connectivity index is 1.48. The third-order valence-corrected chi connectivity index (χ3v) is 7.61. The Bertz CT molecular complexity index is 344. The molecule has 120 valence electrons. The molecule has 0 radical (unpaired) electrons. The van der Waals surface area contributed by atoms with Crippen LogP contribution in [0.25, 0.3) is 0 Å². The number of likely N-dealkylation sites (tertiary alicyclic amines) is 1. The highest BCUT2D eigenvalue weighted by Crippen LogP contribution is 2.26. The molecule has 4 nitrogen and oxygen atoms in total. The number of rotatable bonds is 4. The Labute approximate surface area is 136 Å². The summed E-state index contributed by atoms with van der Waals surface area (Å²) < 4.78 is 0. The van der Waals surface area contributed by atoms with Crippen LogP contribution in [-0.2, 0) is 4.79 Å². The van der Waals surface area contributed by atoms with Crippen molar-refractivity contribution in [3.8, 4) is 0 Å². The summed E-state index contributed by atoms with van der Waals surface area (Å²) in [5, 5.41) is 7.26. The molecular formula is C15H27N3OS2. The van der Waals surface area contributed by atoms with Gasteiger partial charge in [-0.15, -0.1) is 0 Å². The maximum absolute atomic E-state index is 12.6. The lowest BCUT2D eigenvalue weighted by atomic mass is 10.0. The molecule has 2 unspecified atom stereocenters. The van der Waals surface area contributed by atoms with E-state index in [1.54, 1.807) is 0 Å². The molecule has 21 heavy (non-hydrogen) atoms. The van der Waals surface area contributed by atoms with Crippen LogP contribution in [0, 0.1) is 0 Å². The maximum Gasteiger partial charge on any atom is 0.237 e. The highest BCUT2D eigenvalue weighted by Gasteiger charge is 2.35. The van der Waals surface area contributed by atoms with E-state index in [0.717, 1.165) is 32.6 Å². The molecule has 2 atom stereocenters. The van der Waals surface area contributed by atoms with Crippen molar-refractivity contribution >= 4 is 29.4 Å². The summed E-state index contributed by atoms with van der Waals surface area (Å²) in [5.74, 6) is 3.97. The summed E-state index contributed by atoms with van der Waals surface area (Å²) >= 11 is 4.04. The van der Waals surface area contributed by atoms with E-state index in [0.29, 0.717) is 11.3 Å². The molecule has 3 saturated heterocycles. The first-order valence-electron chi connectivity index (χ1n) is 8.28. The van der Waals surface area contributed by atoms with Crippen molar-refractivity contribution in [2.24, 2.45) is 0 Å². The minimum atomic E-state index is 0.134. The molecule has 3 aliphatic heterocycles. The van der Waals surface area contributed by atoms with Crippen LogP contribution in [0.4, 0.5) is 0 Å². The first-order chi connectivity index (χ1) is 10.3. The minimum absolute atomic E-state index is 0.134. The molecule has 2 N–H and O–H groups in total. The second kappa shape index (κ2) is 8.09. The van der Waals surface area contributed by atoms with Gasteiger partial charge in [0.1, 0.15) is 0 Å². The third kappa shape index (κ3) is 4.30. The Morgan fingerprint density at radius 1 is 1.24 bits per heavy atom. The average molecular weight is 330 g/mol. The predicted octanol–water partition coefficient (Wildman–Crippen LogP) is 1.17. The molecule has 0 aromatic heterocycles. The molecule has 0 aromatic rings. The second-order valence-corrected chi connectivity index (χ2v) is 8.75. The molecule has 0 aliphatic carbocycles. The molecule has 3 aliphatic rings. The Morgan fingerprint density at radius 2 is 2.10 bits per heavy atom. The lowest BCUT2D eigenvalue weighted by Crippen LogP contribution is -2.51. The highest BCUT2D eigenvalue weighted by molar-refractivity contribution is 8.06. The predicted molar refractivity (Wildman–Crippen MR) is 92.2 cm³/mol. The SMILES string of the molecule is O=C(NCC1CSCCS1)C1CCCN1C1CCNCC1. The number of nitrogens with zero attached hydrogens (tertiary/aromatic N) is 1. The summed E-state index contributed by atoms with van der Waals surface area (Å²) in [6.45, 7) is 4.17. The van der Waals surface area contributed by atoms with E-state index in [1.165, 1.54) is 36.5 Å². The van der Waals surface area contributed by atoms with Crippen LogP contribution in [0.15, 0.2) is 0 Å². The summed E-state index contributed by atoms with van der Waals surface area (Å²) in [6, 6.07) is 0.749. The monoisotopic (exact) mass is 329 g/mol. The lowest BCUT2D eigenvalue weighted by molar-refractivity contribution is -0.126. The van der Waals surface area contributed by atoms with Gasteiger partial charge in [0.25, 0.3) is 0 Å². The molecule has 0 aromatic carbocycles. The smallest absolute Gasteiger partial charge is 0.237 e. The van der Waals surface area contributed by atoms with Gasteiger partial charge in [0.05, 0.1) is 6.04 Å². The number of hydrogen-bond donors (Lipinski definition) is 2. The summed E-state index contributed by atoms with van der Waals surface area (Å²) in [5.41, 5.74) is 0. The largest absolute Gasteiger partial charge is 0.354 e. The van der Waals surface area contributed by atoms with Crippen molar-refractivity contribution in [2.45, 2.75) is 43.0 Å². The highest BCUT2D eigenvalue weighted by atomic mass is 32.2. The summed E-state index contributed by atoms with van der Waals surface area (Å²) in [4.78, 5) is 15.0. The van der Waals surface area contributed by atoms with Crippen LogP contribution in [-0.4, -0.2) is 71.6 Å². The first kappa shape index (κ1) is 16.0. The van der Waals surface area contributed by atoms with Gasteiger partial charge >= 0.3 is 0 Å². The van der Waals surface area contributed by atoms with Gasteiger partial charge < -0.3 is 10.6 Å². The lowest BCUT2D eigenvalue weighted by Gasteiger charge is -2.35. The fourth-order valence-electron chi connectivity index (χ4n) is 3.63. The van der Waals surface area contributed by atoms with E-state index in [9.17, 15) is 4.79 Å². The fourth-order valence-corrected chi connectivity index (χ4v) is 6.24. The zero-order valence-corrected chi connectivity index (χ0v) is 14.3. The van der Waals surface area contributed by atoms with Crippen LogP contribution >= 0.6 is 23.5 Å². The molecule has 0 spiro atoms. The van der Waals surface area contributed by atoms with Gasteiger partial charge in [-0.05, 0) is 45.3 Å². The molecule has 6 heteroatoms. The second-order valence-electron chi connectivity index (χ2n) is 6.19.